The Morgan fingerprint density at radius 2 is 1.74 bits per heavy atom. The number of fused-ring (bicyclic) bond motifs is 2. The second kappa shape index (κ2) is 24.1. The van der Waals surface area contributed by atoms with Gasteiger partial charge in [0.25, 0.3) is 0 Å². The number of hydrogen-bond acceptors (Lipinski definition) is 12. The third-order valence-electron chi connectivity index (χ3n) is 11.3. The molecule has 0 aromatic heterocycles. The summed E-state index contributed by atoms with van der Waals surface area (Å²) in [5.74, 6) is 0.117. The summed E-state index contributed by atoms with van der Waals surface area (Å²) in [6.45, 7) is 14.8. The summed E-state index contributed by atoms with van der Waals surface area (Å²) in [4.78, 5) is 23.4. The predicted molar refractivity (Wildman–Crippen MR) is 239 cm³/mol. The van der Waals surface area contributed by atoms with E-state index in [0.29, 0.717) is 37.3 Å². The molecule has 0 saturated heterocycles. The highest BCUT2D eigenvalue weighted by molar-refractivity contribution is 7.99. The Hall–Kier alpha value is -3.85. The lowest BCUT2D eigenvalue weighted by Crippen LogP contribution is -2.70. The Bertz CT molecular complexity index is 1750. The van der Waals surface area contributed by atoms with E-state index in [-0.39, 0.29) is 77.0 Å². The van der Waals surface area contributed by atoms with Crippen molar-refractivity contribution in [3.05, 3.63) is 91.1 Å². The lowest BCUT2D eigenvalue weighted by atomic mass is 9.55. The molecule has 1 heterocycles. The Labute approximate surface area is 366 Å². The number of amides is 1. The van der Waals surface area contributed by atoms with Gasteiger partial charge in [-0.25, -0.2) is 4.79 Å². The number of carbonyl (C=O) groups excluding carboxylic acids is 1. The Balaban J connectivity index is 1.70. The number of nitrogens with zero attached hydrogens (tertiary/aromatic N) is 2. The van der Waals surface area contributed by atoms with Gasteiger partial charge in [-0.3, -0.25) is 4.90 Å². The molecule has 3 N–H and O–H groups in total. The van der Waals surface area contributed by atoms with E-state index in [2.05, 4.69) is 37.4 Å². The minimum atomic E-state index is -1.45. The standard InChI is InChI=1S/C48H68N2O10S/c1-6-8-27-57-46(54)50(22-28-55-29-25-53)43-34-41(49-60-47(3,4)5)39-32-35(16-12-14-23-51)38(19-13-15-24-52)44-40-33-36(56-30-31-61-37-17-10-9-11-18-37)20-21-42(40)59-48(43,45(39)44)58-26-7-2/h6-7,9-11,17-18,20-21,32-33,35,38,43-45,51-53H,1-2,8,12-16,19,22-31,34H2,3-5H3/t35-,38+,43-,44+,45+,48+/m0/s1. The third-order valence-corrected chi connectivity index (χ3v) is 12.3. The van der Waals surface area contributed by atoms with Crippen molar-refractivity contribution in [3.63, 3.8) is 0 Å². The van der Waals surface area contributed by atoms with Gasteiger partial charge < -0.3 is 43.8 Å². The van der Waals surface area contributed by atoms with Crippen molar-refractivity contribution in [2.45, 2.75) is 100 Å². The fourth-order valence-corrected chi connectivity index (χ4v) is 9.53. The van der Waals surface area contributed by atoms with Gasteiger partial charge >= 0.3 is 6.09 Å². The quantitative estimate of drug-likeness (QED) is 0.0363. The minimum Gasteiger partial charge on any atom is -0.493 e. The highest BCUT2D eigenvalue weighted by Crippen LogP contribution is 2.62. The average Bonchev–Trinajstić information content (AvgIpc) is 3.25. The molecular formula is C48H68N2O10S. The lowest BCUT2D eigenvalue weighted by Gasteiger charge is -2.60. The van der Waals surface area contributed by atoms with E-state index >= 15 is 0 Å². The van der Waals surface area contributed by atoms with Crippen molar-refractivity contribution in [2.75, 3.05) is 65.2 Å². The van der Waals surface area contributed by atoms with Crippen LogP contribution in [0, 0.1) is 17.8 Å². The van der Waals surface area contributed by atoms with Crippen LogP contribution in [0.2, 0.25) is 0 Å². The molecule has 12 nitrogen and oxygen atoms in total. The number of carbonyl (C=O) groups is 1. The van der Waals surface area contributed by atoms with Crippen LogP contribution in [0.1, 0.15) is 83.6 Å². The van der Waals surface area contributed by atoms with Gasteiger partial charge in [-0.2, -0.15) is 0 Å². The summed E-state index contributed by atoms with van der Waals surface area (Å²) in [6.07, 6.45) is 10.4. The number of benzene rings is 2. The first kappa shape index (κ1) is 48.2. The molecule has 336 valence electrons. The summed E-state index contributed by atoms with van der Waals surface area (Å²) in [7, 11) is 0. The average molecular weight is 865 g/mol. The van der Waals surface area contributed by atoms with Gasteiger partial charge in [0.2, 0.25) is 5.79 Å². The van der Waals surface area contributed by atoms with E-state index in [1.165, 1.54) is 4.90 Å². The molecule has 5 rings (SSSR count). The highest BCUT2D eigenvalue weighted by atomic mass is 32.2. The highest BCUT2D eigenvalue weighted by Gasteiger charge is 2.65. The van der Waals surface area contributed by atoms with Crippen LogP contribution in [0.3, 0.4) is 0 Å². The normalized spacial score (nSPS) is 23.5. The predicted octanol–water partition coefficient (Wildman–Crippen LogP) is 8.31. The molecule has 0 spiro atoms. The van der Waals surface area contributed by atoms with Crippen molar-refractivity contribution in [3.8, 4) is 11.5 Å². The van der Waals surface area contributed by atoms with Crippen LogP contribution in [0.5, 0.6) is 11.5 Å². The number of aliphatic hydroxyl groups excluding tert-OH is 3. The zero-order valence-electron chi connectivity index (χ0n) is 36.4. The Morgan fingerprint density at radius 1 is 0.967 bits per heavy atom. The molecule has 0 radical (unpaired) electrons. The molecular weight excluding hydrogens is 797 g/mol. The maximum absolute atomic E-state index is 14.4. The lowest BCUT2D eigenvalue weighted by molar-refractivity contribution is -0.256. The fraction of sp³-hybridized carbons (Fsp3) is 0.583. The van der Waals surface area contributed by atoms with Crippen molar-refractivity contribution in [1.82, 2.24) is 4.90 Å². The van der Waals surface area contributed by atoms with E-state index in [4.69, 9.17) is 33.7 Å². The van der Waals surface area contributed by atoms with Crippen LogP contribution in [0.15, 0.2) is 95.5 Å². The van der Waals surface area contributed by atoms with Gasteiger partial charge in [-0.15, -0.1) is 24.9 Å². The zero-order valence-corrected chi connectivity index (χ0v) is 37.2. The molecule has 2 aliphatic carbocycles. The van der Waals surface area contributed by atoms with Crippen LogP contribution < -0.4 is 9.47 Å². The van der Waals surface area contributed by atoms with Crippen molar-refractivity contribution < 1.29 is 48.6 Å². The zero-order chi connectivity index (χ0) is 43.7. The number of allylic oxidation sites excluding steroid dienone is 1. The summed E-state index contributed by atoms with van der Waals surface area (Å²) in [6, 6.07) is 15.5. The minimum absolute atomic E-state index is 0.0571. The number of hydrogen-bond donors (Lipinski definition) is 3. The van der Waals surface area contributed by atoms with Crippen LogP contribution in [0.4, 0.5) is 4.79 Å². The molecule has 1 saturated carbocycles. The van der Waals surface area contributed by atoms with Crippen molar-refractivity contribution in [2.24, 2.45) is 22.9 Å². The van der Waals surface area contributed by atoms with Gasteiger partial charge in [-0.05, 0) is 101 Å². The van der Waals surface area contributed by atoms with Crippen molar-refractivity contribution >= 4 is 23.6 Å². The summed E-state index contributed by atoms with van der Waals surface area (Å²) >= 11 is 1.74. The maximum atomic E-state index is 14.4. The Morgan fingerprint density at radius 3 is 2.44 bits per heavy atom. The third kappa shape index (κ3) is 12.9. The molecule has 3 aliphatic rings. The first-order chi connectivity index (χ1) is 29.6. The van der Waals surface area contributed by atoms with Crippen LogP contribution >= 0.6 is 11.8 Å². The van der Waals surface area contributed by atoms with Gasteiger partial charge in [0.05, 0.1) is 51.3 Å². The molecule has 1 aliphatic heterocycles. The van der Waals surface area contributed by atoms with E-state index in [0.717, 1.165) is 48.3 Å². The largest absolute Gasteiger partial charge is 0.493 e. The molecule has 6 atom stereocenters. The molecule has 2 aromatic rings. The SMILES string of the molecule is C=CCCOC(=O)N(CCOCCO)[C@H]1CC(=NOC(C)(C)C)C2=C[C@H](CCCCO)[C@@H](CCCCO)[C@@H]3c4cc(OCCSc5ccccc5)ccc4O[C@@]1(OCC=C)[C@H]23. The summed E-state index contributed by atoms with van der Waals surface area (Å²) in [5.41, 5.74) is 1.99. The van der Waals surface area contributed by atoms with Crippen LogP contribution in [0.25, 0.3) is 0 Å². The van der Waals surface area contributed by atoms with Crippen molar-refractivity contribution in [1.29, 1.82) is 0 Å². The number of unbranched alkanes of at least 4 members (excludes halogenated alkanes) is 2. The monoisotopic (exact) mass is 864 g/mol. The molecule has 61 heavy (non-hydrogen) atoms. The van der Waals surface area contributed by atoms with Crippen LogP contribution in [-0.4, -0.2) is 115 Å². The van der Waals surface area contributed by atoms with E-state index in [9.17, 15) is 20.1 Å². The van der Waals surface area contributed by atoms with E-state index < -0.39 is 29.4 Å². The van der Waals surface area contributed by atoms with E-state index in [1.54, 1.807) is 28.8 Å². The topological polar surface area (TPSA) is 149 Å². The summed E-state index contributed by atoms with van der Waals surface area (Å²) in [5, 5.41) is 34.3. The summed E-state index contributed by atoms with van der Waals surface area (Å²) < 4.78 is 32.4. The number of rotatable bonds is 26. The molecule has 0 bridgehead atoms. The first-order valence-electron chi connectivity index (χ1n) is 21.9. The molecule has 13 heteroatoms. The van der Waals surface area contributed by atoms with E-state index in [1.807, 2.05) is 51.1 Å². The first-order valence-corrected chi connectivity index (χ1v) is 22.9. The smallest absolute Gasteiger partial charge is 0.410 e. The fourth-order valence-electron chi connectivity index (χ4n) is 8.78. The molecule has 1 fully saturated rings. The number of thioether (sulfide) groups is 1. The molecule has 2 aromatic carbocycles. The van der Waals surface area contributed by atoms with Gasteiger partial charge in [0.15, 0.2) is 0 Å². The van der Waals surface area contributed by atoms with Gasteiger partial charge in [0.1, 0.15) is 23.1 Å². The Kier molecular flexibility index (Phi) is 19.1. The van der Waals surface area contributed by atoms with Gasteiger partial charge in [0, 0.05) is 48.3 Å². The number of aliphatic hydroxyl groups is 3. The van der Waals surface area contributed by atoms with Gasteiger partial charge in [-0.1, -0.05) is 54.4 Å². The van der Waals surface area contributed by atoms with Crippen LogP contribution in [-0.2, 0) is 19.0 Å². The molecule has 0 unspecified atom stereocenters. The number of ether oxygens (including phenoxy) is 5. The molecule has 1 amide bonds. The number of oxime groups is 1. The second-order valence-corrected chi connectivity index (χ2v) is 17.9. The second-order valence-electron chi connectivity index (χ2n) is 16.7. The maximum Gasteiger partial charge on any atom is 0.410 e.